The lowest BCUT2D eigenvalue weighted by Crippen LogP contribution is -2.48. The van der Waals surface area contributed by atoms with Crippen LogP contribution >= 0.6 is 0 Å². The second kappa shape index (κ2) is 10.4. The zero-order valence-electron chi connectivity index (χ0n) is 21.9. The third kappa shape index (κ3) is 4.74. The molecule has 0 fully saturated rings. The molecule has 0 saturated carbocycles. The van der Waals surface area contributed by atoms with Gasteiger partial charge in [-0.25, -0.2) is 0 Å². The molecule has 39 heavy (non-hydrogen) atoms. The topological polar surface area (TPSA) is 97.9 Å². The van der Waals surface area contributed by atoms with Crippen molar-refractivity contribution in [2.45, 2.75) is 25.9 Å². The molecule has 2 amide bonds. The monoisotopic (exact) mass is 524 g/mol. The first-order valence-corrected chi connectivity index (χ1v) is 12.6. The van der Waals surface area contributed by atoms with Crippen LogP contribution in [0.3, 0.4) is 0 Å². The third-order valence-electron chi connectivity index (χ3n) is 6.93. The van der Waals surface area contributed by atoms with E-state index in [2.05, 4.69) is 4.57 Å². The van der Waals surface area contributed by atoms with Crippen molar-refractivity contribution in [2.75, 3.05) is 18.6 Å². The maximum atomic E-state index is 14.2. The number of ether oxygens (including phenoxy) is 1. The second-order valence-electron chi connectivity index (χ2n) is 9.56. The molecule has 0 N–H and O–H groups in total. The number of carbonyl (C=O) groups excluding carboxylic acids is 2. The summed E-state index contributed by atoms with van der Waals surface area (Å²) in [7, 11) is 1.61. The molecule has 0 spiro atoms. The number of non-ortho nitro benzene ring substituents is 1. The summed E-state index contributed by atoms with van der Waals surface area (Å²) in [6, 6.07) is 24.0. The Labute approximate surface area is 226 Å². The lowest BCUT2D eigenvalue weighted by Gasteiger charge is -2.40. The number of hydrogen-bond acceptors (Lipinski definition) is 5. The number of rotatable bonds is 7. The van der Waals surface area contributed by atoms with Gasteiger partial charge in [0.2, 0.25) is 5.91 Å². The fourth-order valence-electron chi connectivity index (χ4n) is 4.97. The van der Waals surface area contributed by atoms with Crippen LogP contribution in [0.1, 0.15) is 41.5 Å². The predicted molar refractivity (Wildman–Crippen MR) is 147 cm³/mol. The molecule has 0 bridgehead atoms. The number of methoxy groups -OCH3 is 1. The minimum Gasteiger partial charge on any atom is -0.497 e. The normalized spacial score (nSPS) is 13.9. The lowest BCUT2D eigenvalue weighted by molar-refractivity contribution is -0.384. The maximum absolute atomic E-state index is 14.2. The number of nitrogens with zero attached hydrogens (tertiary/aromatic N) is 4. The summed E-state index contributed by atoms with van der Waals surface area (Å²) < 4.78 is 7.42. The van der Waals surface area contributed by atoms with E-state index in [1.165, 1.54) is 29.2 Å². The Morgan fingerprint density at radius 1 is 0.949 bits per heavy atom. The standard InChI is InChI=1S/C30H28N4O5/c1-20(2)32(30(36)22-10-14-23(15-11-22)34(37)38)19-28(35)33-26-8-5-4-7-25(26)31-18-6-9-27(31)29(33)21-12-16-24(39-3)17-13-21/h4-18,20,29H,19H2,1-3H3. The lowest BCUT2D eigenvalue weighted by atomic mass is 9.97. The van der Waals surface area contributed by atoms with Gasteiger partial charge in [-0.15, -0.1) is 0 Å². The number of hydrogen-bond donors (Lipinski definition) is 0. The van der Waals surface area contributed by atoms with Gasteiger partial charge in [-0.3, -0.25) is 24.6 Å². The van der Waals surface area contributed by atoms with Crippen molar-refractivity contribution in [3.05, 3.63) is 118 Å². The number of fused-ring (bicyclic) bond motifs is 3. The summed E-state index contributed by atoms with van der Waals surface area (Å²) in [6.07, 6.45) is 1.98. The Bertz CT molecular complexity index is 1530. The molecule has 2 heterocycles. The average Bonchev–Trinajstić information content (AvgIpc) is 3.45. The van der Waals surface area contributed by atoms with Gasteiger partial charge in [0.05, 0.1) is 29.1 Å². The van der Waals surface area contributed by atoms with Crippen molar-refractivity contribution >= 4 is 23.2 Å². The van der Waals surface area contributed by atoms with E-state index < -0.39 is 11.0 Å². The highest BCUT2D eigenvalue weighted by atomic mass is 16.6. The van der Waals surface area contributed by atoms with E-state index in [9.17, 15) is 19.7 Å². The Morgan fingerprint density at radius 3 is 2.23 bits per heavy atom. The van der Waals surface area contributed by atoms with Gasteiger partial charge in [-0.1, -0.05) is 24.3 Å². The highest BCUT2D eigenvalue weighted by Crippen LogP contribution is 2.42. The molecule has 0 radical (unpaired) electrons. The third-order valence-corrected chi connectivity index (χ3v) is 6.93. The first kappa shape index (κ1) is 25.7. The summed E-state index contributed by atoms with van der Waals surface area (Å²) >= 11 is 0. The molecule has 198 valence electrons. The molecule has 1 atom stereocenters. The average molecular weight is 525 g/mol. The van der Waals surface area contributed by atoms with E-state index in [1.807, 2.05) is 80.7 Å². The van der Waals surface area contributed by atoms with Gasteiger partial charge in [-0.2, -0.15) is 0 Å². The van der Waals surface area contributed by atoms with Crippen LogP contribution in [0.5, 0.6) is 5.75 Å². The van der Waals surface area contributed by atoms with Crippen molar-refractivity contribution in [3.63, 3.8) is 0 Å². The van der Waals surface area contributed by atoms with Crippen molar-refractivity contribution in [1.29, 1.82) is 0 Å². The summed E-state index contributed by atoms with van der Waals surface area (Å²) in [5, 5.41) is 11.0. The zero-order chi connectivity index (χ0) is 27.7. The van der Waals surface area contributed by atoms with E-state index in [1.54, 1.807) is 12.0 Å². The van der Waals surface area contributed by atoms with Crippen molar-refractivity contribution < 1.29 is 19.2 Å². The van der Waals surface area contributed by atoms with Crippen LogP contribution in [0.2, 0.25) is 0 Å². The molecule has 3 aromatic carbocycles. The fraction of sp³-hybridized carbons (Fsp3) is 0.200. The largest absolute Gasteiger partial charge is 0.497 e. The Balaban J connectivity index is 1.53. The molecule has 4 aromatic rings. The van der Waals surface area contributed by atoms with Gasteiger partial charge < -0.3 is 14.2 Å². The summed E-state index contributed by atoms with van der Waals surface area (Å²) in [5.41, 5.74) is 3.60. The van der Waals surface area contributed by atoms with Crippen LogP contribution in [-0.2, 0) is 4.79 Å². The Morgan fingerprint density at radius 2 is 1.62 bits per heavy atom. The van der Waals surface area contributed by atoms with E-state index in [-0.39, 0.29) is 35.7 Å². The van der Waals surface area contributed by atoms with Gasteiger partial charge in [0.25, 0.3) is 11.6 Å². The first-order valence-electron chi connectivity index (χ1n) is 12.6. The molecule has 1 unspecified atom stereocenters. The van der Waals surface area contributed by atoms with Crippen LogP contribution in [0, 0.1) is 10.1 Å². The van der Waals surface area contributed by atoms with Crippen LogP contribution in [-0.4, -0.2) is 45.9 Å². The van der Waals surface area contributed by atoms with Crippen LogP contribution < -0.4 is 9.64 Å². The van der Waals surface area contributed by atoms with Crippen molar-refractivity contribution in [2.24, 2.45) is 0 Å². The number of benzene rings is 3. The van der Waals surface area contributed by atoms with Crippen LogP contribution in [0.25, 0.3) is 5.69 Å². The number of para-hydroxylation sites is 2. The number of nitro groups is 1. The molecular formula is C30H28N4O5. The summed E-state index contributed by atoms with van der Waals surface area (Å²) in [6.45, 7) is 3.51. The van der Waals surface area contributed by atoms with E-state index >= 15 is 0 Å². The van der Waals surface area contributed by atoms with Gasteiger partial charge in [0.1, 0.15) is 18.3 Å². The molecule has 9 nitrogen and oxygen atoms in total. The van der Waals surface area contributed by atoms with Gasteiger partial charge in [0.15, 0.2) is 0 Å². The molecule has 1 aliphatic heterocycles. The molecule has 0 saturated heterocycles. The summed E-state index contributed by atoms with van der Waals surface area (Å²) in [4.78, 5) is 41.5. The van der Waals surface area contributed by atoms with E-state index in [0.29, 0.717) is 5.75 Å². The first-order chi connectivity index (χ1) is 18.8. The van der Waals surface area contributed by atoms with Gasteiger partial charge >= 0.3 is 0 Å². The number of carbonyl (C=O) groups is 2. The molecule has 1 aliphatic rings. The smallest absolute Gasteiger partial charge is 0.269 e. The quantitative estimate of drug-likeness (QED) is 0.239. The number of amides is 2. The minimum absolute atomic E-state index is 0.103. The van der Waals surface area contributed by atoms with E-state index in [4.69, 9.17) is 4.74 Å². The molecule has 0 aliphatic carbocycles. The van der Waals surface area contributed by atoms with Crippen molar-refractivity contribution in [1.82, 2.24) is 9.47 Å². The van der Waals surface area contributed by atoms with Crippen LogP contribution in [0.15, 0.2) is 91.1 Å². The summed E-state index contributed by atoms with van der Waals surface area (Å²) in [5.74, 6) is 0.0884. The number of anilines is 1. The maximum Gasteiger partial charge on any atom is 0.269 e. The fourth-order valence-corrected chi connectivity index (χ4v) is 4.97. The molecular weight excluding hydrogens is 496 g/mol. The van der Waals surface area contributed by atoms with Crippen molar-refractivity contribution in [3.8, 4) is 11.4 Å². The van der Waals surface area contributed by atoms with E-state index in [0.717, 1.165) is 22.6 Å². The second-order valence-corrected chi connectivity index (χ2v) is 9.56. The zero-order valence-corrected chi connectivity index (χ0v) is 21.9. The minimum atomic E-state index is -0.513. The van der Waals surface area contributed by atoms with Crippen LogP contribution in [0.4, 0.5) is 11.4 Å². The van der Waals surface area contributed by atoms with Gasteiger partial charge in [-0.05, 0) is 67.9 Å². The Hall–Kier alpha value is -4.92. The number of nitro benzene ring substituents is 1. The molecule has 5 rings (SSSR count). The molecule has 9 heteroatoms. The Kier molecular flexibility index (Phi) is 6.89. The SMILES string of the molecule is COc1ccc(C2c3cccn3-c3ccccc3N2C(=O)CN(C(=O)c2ccc([N+](=O)[O-])cc2)C(C)C)cc1. The highest BCUT2D eigenvalue weighted by Gasteiger charge is 2.37. The van der Waals surface area contributed by atoms with Gasteiger partial charge in [0, 0.05) is 29.9 Å². The predicted octanol–water partition coefficient (Wildman–Crippen LogP) is 5.38. The highest BCUT2D eigenvalue weighted by molar-refractivity contribution is 6.02. The number of aromatic nitrogens is 1. The molecule has 1 aromatic heterocycles.